The molecule has 5 heteroatoms. The van der Waals surface area contributed by atoms with Crippen molar-refractivity contribution in [3.63, 3.8) is 0 Å². The van der Waals surface area contributed by atoms with Crippen LogP contribution >= 0.6 is 23.2 Å². The van der Waals surface area contributed by atoms with E-state index in [1.807, 2.05) is 0 Å². The molecule has 1 aromatic rings. The van der Waals surface area contributed by atoms with Gasteiger partial charge in [0.15, 0.2) is 10.3 Å². The lowest BCUT2D eigenvalue weighted by molar-refractivity contribution is 0.134. The van der Waals surface area contributed by atoms with E-state index in [9.17, 15) is 0 Å². The fourth-order valence-electron chi connectivity index (χ4n) is 1.01. The molecule has 1 aliphatic rings. The minimum Gasteiger partial charge on any atom is -0.372 e. The maximum Gasteiger partial charge on any atom is 0.157 e. The van der Waals surface area contributed by atoms with Gasteiger partial charge in [-0.3, -0.25) is 0 Å². The molecule has 0 atom stereocenters. The van der Waals surface area contributed by atoms with Gasteiger partial charge in [0, 0.05) is 11.1 Å². The van der Waals surface area contributed by atoms with Crippen molar-refractivity contribution in [3.8, 4) is 0 Å². The number of fused-ring (bicyclic) bond motifs is 1. The van der Waals surface area contributed by atoms with Crippen molar-refractivity contribution in [2.24, 2.45) is 0 Å². The van der Waals surface area contributed by atoms with E-state index in [0.717, 1.165) is 11.1 Å². The molecule has 0 aromatic carbocycles. The van der Waals surface area contributed by atoms with Crippen LogP contribution in [0.2, 0.25) is 10.3 Å². The molecule has 0 saturated carbocycles. The maximum atomic E-state index is 5.73. The zero-order valence-electron chi connectivity index (χ0n) is 5.47. The Labute approximate surface area is 73.3 Å². The second kappa shape index (κ2) is 2.59. The van der Waals surface area contributed by atoms with Crippen molar-refractivity contribution in [1.29, 1.82) is 0 Å². The van der Waals surface area contributed by atoms with E-state index in [2.05, 4.69) is 10.2 Å². The smallest absolute Gasteiger partial charge is 0.157 e. The minimum atomic E-state index is 0.391. The Hall–Kier alpha value is -0.380. The Morgan fingerprint density at radius 2 is 1.45 bits per heavy atom. The molecule has 11 heavy (non-hydrogen) atoms. The second-order valence-electron chi connectivity index (χ2n) is 2.23. The van der Waals surface area contributed by atoms with Crippen molar-refractivity contribution in [2.75, 3.05) is 0 Å². The van der Waals surface area contributed by atoms with Crippen molar-refractivity contribution in [2.45, 2.75) is 13.2 Å². The summed E-state index contributed by atoms with van der Waals surface area (Å²) >= 11 is 11.5. The highest BCUT2D eigenvalue weighted by Gasteiger charge is 2.19. The Kier molecular flexibility index (Phi) is 1.71. The van der Waals surface area contributed by atoms with E-state index in [0.29, 0.717) is 23.5 Å². The summed E-state index contributed by atoms with van der Waals surface area (Å²) in [7, 11) is 0. The Bertz CT molecular complexity index is 274. The molecule has 0 radical (unpaired) electrons. The van der Waals surface area contributed by atoms with Gasteiger partial charge in [-0.25, -0.2) is 0 Å². The van der Waals surface area contributed by atoms with Gasteiger partial charge in [0.1, 0.15) is 0 Å². The van der Waals surface area contributed by atoms with Gasteiger partial charge in [-0.15, -0.1) is 10.2 Å². The quantitative estimate of drug-likeness (QED) is 0.627. The molecule has 0 unspecified atom stereocenters. The highest BCUT2D eigenvalue weighted by Crippen LogP contribution is 2.28. The van der Waals surface area contributed by atoms with Crippen molar-refractivity contribution in [1.82, 2.24) is 10.2 Å². The zero-order valence-corrected chi connectivity index (χ0v) is 6.98. The average molecular weight is 191 g/mol. The Balaban J connectivity index is 2.64. The summed E-state index contributed by atoms with van der Waals surface area (Å²) in [6.45, 7) is 0.979. The maximum absolute atomic E-state index is 5.73. The van der Waals surface area contributed by atoms with Crippen molar-refractivity contribution < 1.29 is 4.74 Å². The van der Waals surface area contributed by atoms with Crippen LogP contribution in [0.1, 0.15) is 11.1 Å². The van der Waals surface area contributed by atoms with Crippen LogP contribution in [0.5, 0.6) is 0 Å². The highest BCUT2D eigenvalue weighted by molar-refractivity contribution is 6.32. The summed E-state index contributed by atoms with van der Waals surface area (Å²) in [5.74, 6) is 0. The summed E-state index contributed by atoms with van der Waals surface area (Å²) in [6.07, 6.45) is 0. The third-order valence-corrected chi connectivity index (χ3v) is 2.19. The van der Waals surface area contributed by atoms with Gasteiger partial charge in [-0.1, -0.05) is 23.2 Å². The Morgan fingerprint density at radius 1 is 1.00 bits per heavy atom. The summed E-state index contributed by atoms with van der Waals surface area (Å²) in [4.78, 5) is 0. The van der Waals surface area contributed by atoms with Gasteiger partial charge in [0.05, 0.1) is 13.2 Å². The standard InChI is InChI=1S/C6H4Cl2N2O/c7-5-3-1-11-2-4(3)6(8)10-9-5/h1-2H2. The molecule has 2 rings (SSSR count). The van der Waals surface area contributed by atoms with Crippen LogP contribution in [-0.2, 0) is 18.0 Å². The largest absolute Gasteiger partial charge is 0.372 e. The predicted octanol–water partition coefficient (Wildman–Crippen LogP) is 1.81. The third kappa shape index (κ3) is 1.09. The van der Waals surface area contributed by atoms with Crippen LogP contribution in [0.4, 0.5) is 0 Å². The number of nitrogens with zero attached hydrogens (tertiary/aromatic N) is 2. The summed E-state index contributed by atoms with van der Waals surface area (Å²) < 4.78 is 5.13. The molecule has 0 saturated heterocycles. The number of hydrogen-bond acceptors (Lipinski definition) is 3. The van der Waals surface area contributed by atoms with E-state index in [1.54, 1.807) is 0 Å². The van der Waals surface area contributed by atoms with Gasteiger partial charge in [0.2, 0.25) is 0 Å². The summed E-state index contributed by atoms with van der Waals surface area (Å²) in [5, 5.41) is 8.09. The van der Waals surface area contributed by atoms with Crippen LogP contribution in [0.15, 0.2) is 0 Å². The first-order valence-electron chi connectivity index (χ1n) is 3.06. The molecule has 58 valence electrons. The van der Waals surface area contributed by atoms with Gasteiger partial charge < -0.3 is 4.74 Å². The van der Waals surface area contributed by atoms with Crippen LogP contribution in [0.3, 0.4) is 0 Å². The molecule has 0 bridgehead atoms. The van der Waals surface area contributed by atoms with E-state index in [-0.39, 0.29) is 0 Å². The number of aromatic nitrogens is 2. The van der Waals surface area contributed by atoms with Crippen LogP contribution in [-0.4, -0.2) is 10.2 Å². The Morgan fingerprint density at radius 3 is 1.91 bits per heavy atom. The zero-order chi connectivity index (χ0) is 7.84. The van der Waals surface area contributed by atoms with Crippen LogP contribution in [0, 0.1) is 0 Å². The predicted molar refractivity (Wildman–Crippen MR) is 40.5 cm³/mol. The average Bonchev–Trinajstić information content (AvgIpc) is 2.45. The molecule has 0 aliphatic carbocycles. The second-order valence-corrected chi connectivity index (χ2v) is 2.95. The lowest BCUT2D eigenvalue weighted by Gasteiger charge is -1.97. The molecular formula is C6H4Cl2N2O. The summed E-state index contributed by atoms with van der Waals surface area (Å²) in [5.41, 5.74) is 1.73. The van der Waals surface area contributed by atoms with Crippen molar-refractivity contribution in [3.05, 3.63) is 21.4 Å². The SMILES string of the molecule is Clc1nnc(Cl)c2c1COC2. The number of hydrogen-bond donors (Lipinski definition) is 0. The first-order chi connectivity index (χ1) is 5.29. The van der Waals surface area contributed by atoms with Crippen LogP contribution < -0.4 is 0 Å². The fraction of sp³-hybridized carbons (Fsp3) is 0.333. The molecule has 0 N–H and O–H groups in total. The highest BCUT2D eigenvalue weighted by atomic mass is 35.5. The van der Waals surface area contributed by atoms with Crippen LogP contribution in [0.25, 0.3) is 0 Å². The van der Waals surface area contributed by atoms with Gasteiger partial charge in [0.25, 0.3) is 0 Å². The fourth-order valence-corrected chi connectivity index (χ4v) is 1.42. The van der Waals surface area contributed by atoms with E-state index in [4.69, 9.17) is 27.9 Å². The molecular weight excluding hydrogens is 187 g/mol. The third-order valence-electron chi connectivity index (χ3n) is 1.58. The lowest BCUT2D eigenvalue weighted by atomic mass is 10.2. The first-order valence-corrected chi connectivity index (χ1v) is 3.82. The molecule has 2 heterocycles. The van der Waals surface area contributed by atoms with E-state index < -0.39 is 0 Å². The van der Waals surface area contributed by atoms with E-state index >= 15 is 0 Å². The van der Waals surface area contributed by atoms with Crippen molar-refractivity contribution >= 4 is 23.2 Å². The molecule has 3 nitrogen and oxygen atoms in total. The van der Waals surface area contributed by atoms with Gasteiger partial charge in [-0.2, -0.15) is 0 Å². The normalized spacial score (nSPS) is 15.1. The monoisotopic (exact) mass is 190 g/mol. The minimum absolute atomic E-state index is 0.391. The number of halogens is 2. The summed E-state index contributed by atoms with van der Waals surface area (Å²) in [6, 6.07) is 0. The first kappa shape index (κ1) is 7.28. The topological polar surface area (TPSA) is 35.0 Å². The molecule has 0 amide bonds. The van der Waals surface area contributed by atoms with E-state index in [1.165, 1.54) is 0 Å². The molecule has 0 spiro atoms. The molecule has 1 aliphatic heterocycles. The number of ether oxygens (including phenoxy) is 1. The number of rotatable bonds is 0. The molecule has 1 aromatic heterocycles. The van der Waals surface area contributed by atoms with Gasteiger partial charge >= 0.3 is 0 Å². The lowest BCUT2D eigenvalue weighted by Crippen LogP contribution is -1.92. The van der Waals surface area contributed by atoms with Gasteiger partial charge in [-0.05, 0) is 0 Å². The molecule has 0 fully saturated rings.